The Balaban J connectivity index is 1.21. The number of sulfonamides is 1. The molecular formula is C32H37FN4O3S. The third kappa shape index (κ3) is 5.52. The van der Waals surface area contributed by atoms with Crippen LogP contribution >= 0.6 is 0 Å². The number of rotatable bonds is 6. The Morgan fingerprint density at radius 2 is 1.68 bits per heavy atom. The Morgan fingerprint density at radius 3 is 2.39 bits per heavy atom. The van der Waals surface area contributed by atoms with Gasteiger partial charge in [-0.3, -0.25) is 4.79 Å². The van der Waals surface area contributed by atoms with Crippen molar-refractivity contribution in [2.45, 2.75) is 56.7 Å². The molecule has 2 fully saturated rings. The number of hydrogen-bond donors (Lipinski definition) is 2. The summed E-state index contributed by atoms with van der Waals surface area (Å²) in [6, 6.07) is 19.8. The molecule has 1 saturated carbocycles. The van der Waals surface area contributed by atoms with Crippen molar-refractivity contribution in [3.05, 3.63) is 88.7 Å². The van der Waals surface area contributed by atoms with E-state index in [2.05, 4.69) is 89.1 Å². The van der Waals surface area contributed by atoms with Crippen molar-refractivity contribution >= 4 is 33.0 Å². The van der Waals surface area contributed by atoms with Gasteiger partial charge in [-0.15, -0.1) is 0 Å². The second kappa shape index (κ2) is 10.4. The molecule has 7 nitrogen and oxygen atoms in total. The number of halogens is 1. The lowest BCUT2D eigenvalue weighted by Crippen LogP contribution is -2.46. The van der Waals surface area contributed by atoms with E-state index in [-0.39, 0.29) is 17.0 Å². The molecule has 41 heavy (non-hydrogen) atoms. The fourth-order valence-electron chi connectivity index (χ4n) is 6.19. The highest BCUT2D eigenvalue weighted by Crippen LogP contribution is 2.45. The molecule has 1 aliphatic carbocycles. The number of nitrogens with one attached hydrogen (secondary N) is 2. The maximum Gasteiger partial charge on any atom is 0.267 e. The maximum absolute atomic E-state index is 15.1. The largest absolute Gasteiger partial charge is 0.378 e. The molecule has 1 saturated heterocycles. The lowest BCUT2D eigenvalue weighted by atomic mass is 9.73. The standard InChI is InChI=1S/C32H37FN4O3S/c1-21-7-4-5-10-30(21)37-15-13-36(14-16-37)23-9-6-8-22(17-23)29-20-32(2,3)26-19-27(33)25(18-28(26)34-29)31(38)35-41(39,40)24-11-12-24/h4-10,17-19,24,29,34H,11-16,20H2,1-3H3,(H,35,38). The van der Waals surface area contributed by atoms with Gasteiger partial charge in [0.25, 0.3) is 5.91 Å². The second-order valence-electron chi connectivity index (χ2n) is 12.2. The summed E-state index contributed by atoms with van der Waals surface area (Å²) in [5.74, 6) is -1.64. The average molecular weight is 577 g/mol. The van der Waals surface area contributed by atoms with E-state index in [1.165, 1.54) is 29.1 Å². The monoisotopic (exact) mass is 576 g/mol. The van der Waals surface area contributed by atoms with Crippen molar-refractivity contribution in [2.24, 2.45) is 0 Å². The number of hydrogen-bond acceptors (Lipinski definition) is 6. The van der Waals surface area contributed by atoms with Gasteiger partial charge in [-0.05, 0) is 78.6 Å². The van der Waals surface area contributed by atoms with E-state index in [1.807, 2.05) is 0 Å². The zero-order valence-corrected chi connectivity index (χ0v) is 24.6. The van der Waals surface area contributed by atoms with Gasteiger partial charge in [-0.25, -0.2) is 17.5 Å². The lowest BCUT2D eigenvalue weighted by molar-refractivity contribution is 0.0977. The van der Waals surface area contributed by atoms with Gasteiger partial charge in [0.2, 0.25) is 10.0 Å². The Morgan fingerprint density at radius 1 is 0.976 bits per heavy atom. The van der Waals surface area contributed by atoms with Crippen molar-refractivity contribution in [3.63, 3.8) is 0 Å². The number of anilines is 3. The summed E-state index contributed by atoms with van der Waals surface area (Å²) in [4.78, 5) is 17.7. The Kier molecular flexibility index (Phi) is 6.96. The van der Waals surface area contributed by atoms with E-state index < -0.39 is 27.0 Å². The van der Waals surface area contributed by atoms with Crippen molar-refractivity contribution in [2.75, 3.05) is 41.3 Å². The minimum absolute atomic E-state index is 0.0534. The van der Waals surface area contributed by atoms with Crippen molar-refractivity contribution in [3.8, 4) is 0 Å². The number of carbonyl (C=O) groups is 1. The van der Waals surface area contributed by atoms with Crippen LogP contribution in [0.25, 0.3) is 0 Å². The minimum atomic E-state index is -3.78. The van der Waals surface area contributed by atoms with Gasteiger partial charge < -0.3 is 15.1 Å². The Hall–Kier alpha value is -3.59. The van der Waals surface area contributed by atoms with Gasteiger partial charge in [-0.1, -0.05) is 44.2 Å². The third-order valence-electron chi connectivity index (χ3n) is 8.70. The molecule has 3 aromatic carbocycles. The van der Waals surface area contributed by atoms with Gasteiger partial charge in [0.1, 0.15) is 5.82 Å². The van der Waals surface area contributed by atoms with Crippen LogP contribution < -0.4 is 19.8 Å². The maximum atomic E-state index is 15.1. The average Bonchev–Trinajstić information content (AvgIpc) is 3.80. The molecule has 0 bridgehead atoms. The predicted octanol–water partition coefficient (Wildman–Crippen LogP) is 5.52. The molecule has 2 N–H and O–H groups in total. The smallest absolute Gasteiger partial charge is 0.267 e. The normalized spacial score (nSPS) is 20.2. The number of nitrogens with zero attached hydrogens (tertiary/aromatic N) is 2. The number of benzene rings is 3. The summed E-state index contributed by atoms with van der Waals surface area (Å²) < 4.78 is 41.8. The van der Waals surface area contributed by atoms with Crippen LogP contribution in [-0.2, 0) is 15.4 Å². The van der Waals surface area contributed by atoms with Crippen LogP contribution in [0.2, 0.25) is 0 Å². The number of piperazine rings is 1. The van der Waals surface area contributed by atoms with Crippen LogP contribution in [0.3, 0.4) is 0 Å². The van der Waals surface area contributed by atoms with Crippen LogP contribution in [-0.4, -0.2) is 45.8 Å². The van der Waals surface area contributed by atoms with Crippen LogP contribution in [0.15, 0.2) is 60.7 Å². The first-order valence-corrected chi connectivity index (χ1v) is 15.9. The van der Waals surface area contributed by atoms with E-state index >= 15 is 4.39 Å². The summed E-state index contributed by atoms with van der Waals surface area (Å²) in [6.45, 7) is 10.0. The number of para-hydroxylation sites is 1. The van der Waals surface area contributed by atoms with Gasteiger partial charge >= 0.3 is 0 Å². The molecule has 1 amide bonds. The van der Waals surface area contributed by atoms with Crippen LogP contribution in [0.1, 0.15) is 66.2 Å². The van der Waals surface area contributed by atoms with Crippen LogP contribution in [0, 0.1) is 12.7 Å². The highest BCUT2D eigenvalue weighted by molar-refractivity contribution is 7.91. The van der Waals surface area contributed by atoms with E-state index in [1.54, 1.807) is 0 Å². The summed E-state index contributed by atoms with van der Waals surface area (Å²) in [5.41, 5.74) is 5.67. The summed E-state index contributed by atoms with van der Waals surface area (Å²) in [7, 11) is -3.78. The van der Waals surface area contributed by atoms with Crippen molar-refractivity contribution < 1.29 is 17.6 Å². The number of aryl methyl sites for hydroxylation is 1. The van der Waals surface area contributed by atoms with Crippen molar-refractivity contribution in [1.82, 2.24) is 4.72 Å². The SMILES string of the molecule is Cc1ccccc1N1CCN(c2cccc(C3CC(C)(C)c4cc(F)c(C(=O)NS(=O)(=O)C5CC5)cc4N3)c2)CC1. The highest BCUT2D eigenvalue weighted by atomic mass is 32.2. The molecule has 0 spiro atoms. The van der Waals surface area contributed by atoms with Gasteiger partial charge in [0.05, 0.1) is 16.9 Å². The zero-order chi connectivity index (χ0) is 28.9. The van der Waals surface area contributed by atoms with Gasteiger partial charge in [0, 0.05) is 43.2 Å². The zero-order valence-electron chi connectivity index (χ0n) is 23.8. The van der Waals surface area contributed by atoms with Gasteiger partial charge in [0.15, 0.2) is 0 Å². The molecule has 1 atom stereocenters. The topological polar surface area (TPSA) is 81.8 Å². The predicted molar refractivity (Wildman–Crippen MR) is 162 cm³/mol. The van der Waals surface area contributed by atoms with E-state index in [0.717, 1.165) is 43.7 Å². The lowest BCUT2D eigenvalue weighted by Gasteiger charge is -2.40. The summed E-state index contributed by atoms with van der Waals surface area (Å²) >= 11 is 0. The molecule has 9 heteroatoms. The molecule has 3 aliphatic rings. The number of carbonyl (C=O) groups excluding carboxylic acids is 1. The number of fused-ring (bicyclic) bond motifs is 1. The first kappa shape index (κ1) is 27.6. The molecule has 2 aliphatic heterocycles. The van der Waals surface area contributed by atoms with Crippen molar-refractivity contribution in [1.29, 1.82) is 0 Å². The molecule has 2 heterocycles. The molecule has 0 radical (unpaired) electrons. The summed E-state index contributed by atoms with van der Waals surface area (Å²) in [5, 5.41) is 2.97. The first-order chi connectivity index (χ1) is 19.5. The van der Waals surface area contributed by atoms with Crippen LogP contribution in [0.4, 0.5) is 21.5 Å². The molecule has 6 rings (SSSR count). The molecule has 1 unspecified atom stereocenters. The third-order valence-corrected chi connectivity index (χ3v) is 10.5. The summed E-state index contributed by atoms with van der Waals surface area (Å²) in [6.07, 6.45) is 1.79. The molecule has 0 aromatic heterocycles. The van der Waals surface area contributed by atoms with E-state index in [4.69, 9.17) is 0 Å². The highest BCUT2D eigenvalue weighted by Gasteiger charge is 2.39. The van der Waals surface area contributed by atoms with E-state index in [0.29, 0.717) is 18.5 Å². The molecular weight excluding hydrogens is 539 g/mol. The molecule has 216 valence electrons. The Bertz CT molecular complexity index is 1590. The first-order valence-electron chi connectivity index (χ1n) is 14.3. The molecule has 3 aromatic rings. The Labute approximate surface area is 241 Å². The van der Waals surface area contributed by atoms with Gasteiger partial charge in [-0.2, -0.15) is 0 Å². The van der Waals surface area contributed by atoms with Crippen LogP contribution in [0.5, 0.6) is 0 Å². The fourth-order valence-corrected chi connectivity index (χ4v) is 7.49. The minimum Gasteiger partial charge on any atom is -0.378 e. The second-order valence-corrected chi connectivity index (χ2v) is 14.2. The van der Waals surface area contributed by atoms with E-state index in [9.17, 15) is 13.2 Å². The quantitative estimate of drug-likeness (QED) is 0.403. The number of amides is 1. The fraction of sp³-hybridized carbons (Fsp3) is 0.406.